The van der Waals surface area contributed by atoms with Gasteiger partial charge in [-0.05, 0) is 49.7 Å². The smallest absolute Gasteiger partial charge is 0.449 e. The van der Waals surface area contributed by atoms with Crippen LogP contribution in [-0.4, -0.2) is 18.3 Å². The van der Waals surface area contributed by atoms with E-state index in [1.165, 1.54) is 56.3 Å². The molecule has 0 aliphatic heterocycles. The van der Waals surface area contributed by atoms with Crippen molar-refractivity contribution in [1.29, 1.82) is 0 Å². The van der Waals surface area contributed by atoms with Gasteiger partial charge in [-0.3, -0.25) is 0 Å². The Morgan fingerprint density at radius 2 is 1.38 bits per heavy atom. The first-order valence-corrected chi connectivity index (χ1v) is 10.6. The van der Waals surface area contributed by atoms with Crippen molar-refractivity contribution in [1.82, 2.24) is 0 Å². The predicted molar refractivity (Wildman–Crippen MR) is 127 cm³/mol. The van der Waals surface area contributed by atoms with Crippen molar-refractivity contribution in [2.75, 3.05) is 0 Å². The molecule has 0 aliphatic carbocycles. The first-order valence-electron chi connectivity index (χ1n) is 10.6. The minimum absolute atomic E-state index is 0.0567. The van der Waals surface area contributed by atoms with Crippen molar-refractivity contribution in [3.8, 4) is 28.4 Å². The number of alkyl halides is 3. The van der Waals surface area contributed by atoms with E-state index < -0.39 is 41.2 Å². The van der Waals surface area contributed by atoms with E-state index in [1.807, 2.05) is 0 Å². The lowest BCUT2D eigenvalue weighted by molar-refractivity contribution is -0.274. The SMILES string of the molecule is C=C(C)C(=O)Oc1ccc(-c2ccc3c(oc4c(OC(F)(F)F)c(OC(=O)C(=C)C)ccc43)c2F)cc1. The highest BCUT2D eigenvalue weighted by molar-refractivity contribution is 6.09. The average Bonchev–Trinajstić information content (AvgIpc) is 3.20. The van der Waals surface area contributed by atoms with Crippen LogP contribution in [0.4, 0.5) is 17.6 Å². The van der Waals surface area contributed by atoms with Gasteiger partial charge < -0.3 is 18.6 Å². The molecule has 0 aliphatic rings. The summed E-state index contributed by atoms with van der Waals surface area (Å²) in [4.78, 5) is 23.6. The van der Waals surface area contributed by atoms with E-state index in [1.54, 1.807) is 0 Å². The Labute approximate surface area is 207 Å². The number of carbonyl (C=O) groups is 2. The van der Waals surface area contributed by atoms with E-state index in [0.717, 1.165) is 6.07 Å². The molecule has 0 bridgehead atoms. The molecule has 0 fully saturated rings. The number of hydrogen-bond donors (Lipinski definition) is 0. The van der Waals surface area contributed by atoms with Crippen LogP contribution in [0.15, 0.2) is 77.3 Å². The second kappa shape index (κ2) is 9.45. The van der Waals surface area contributed by atoms with Crippen LogP contribution in [-0.2, 0) is 9.59 Å². The lowest BCUT2D eigenvalue weighted by Gasteiger charge is -2.13. The lowest BCUT2D eigenvalue weighted by atomic mass is 10.0. The summed E-state index contributed by atoms with van der Waals surface area (Å²) in [6.07, 6.45) is -5.16. The first kappa shape index (κ1) is 25.5. The predicted octanol–water partition coefficient (Wildman–Crippen LogP) is 7.25. The summed E-state index contributed by atoms with van der Waals surface area (Å²) in [6, 6.07) is 11.2. The van der Waals surface area contributed by atoms with Crippen molar-refractivity contribution >= 4 is 33.9 Å². The number of ether oxygens (including phenoxy) is 3. The molecule has 10 heteroatoms. The highest BCUT2D eigenvalue weighted by Gasteiger charge is 2.35. The van der Waals surface area contributed by atoms with Crippen LogP contribution < -0.4 is 14.2 Å². The number of benzene rings is 3. The molecule has 0 radical (unpaired) electrons. The second-order valence-corrected chi connectivity index (χ2v) is 8.09. The molecule has 0 saturated carbocycles. The van der Waals surface area contributed by atoms with Crippen molar-refractivity contribution < 1.29 is 45.8 Å². The summed E-state index contributed by atoms with van der Waals surface area (Å²) in [5.74, 6) is -3.73. The maximum absolute atomic E-state index is 15.5. The quantitative estimate of drug-likeness (QED) is 0.117. The monoisotopic (exact) mass is 514 g/mol. The molecule has 0 amide bonds. The molecule has 4 rings (SSSR count). The van der Waals surface area contributed by atoms with E-state index in [2.05, 4.69) is 17.9 Å². The Kier molecular flexibility index (Phi) is 6.51. The molecule has 0 N–H and O–H groups in total. The molecule has 1 aromatic heterocycles. The van der Waals surface area contributed by atoms with Gasteiger partial charge in [0.25, 0.3) is 0 Å². The topological polar surface area (TPSA) is 75.0 Å². The Hall–Kier alpha value is -4.60. The highest BCUT2D eigenvalue weighted by atomic mass is 19.4. The van der Waals surface area contributed by atoms with Gasteiger partial charge in [0.1, 0.15) is 5.75 Å². The molecule has 0 saturated heterocycles. The zero-order chi connectivity index (χ0) is 27.1. The van der Waals surface area contributed by atoms with E-state index in [9.17, 15) is 22.8 Å². The molecule has 1 heterocycles. The van der Waals surface area contributed by atoms with Gasteiger partial charge in [-0.15, -0.1) is 13.2 Å². The molecule has 0 unspecified atom stereocenters. The van der Waals surface area contributed by atoms with E-state index >= 15 is 4.39 Å². The third-order valence-electron chi connectivity index (χ3n) is 5.16. The largest absolute Gasteiger partial charge is 0.573 e. The summed E-state index contributed by atoms with van der Waals surface area (Å²) < 4.78 is 74.8. The Morgan fingerprint density at radius 3 is 1.97 bits per heavy atom. The van der Waals surface area contributed by atoms with Crippen molar-refractivity contribution in [3.05, 3.63) is 78.7 Å². The van der Waals surface area contributed by atoms with Crippen molar-refractivity contribution in [2.45, 2.75) is 20.2 Å². The third-order valence-corrected chi connectivity index (χ3v) is 5.16. The molecule has 0 spiro atoms. The van der Waals surface area contributed by atoms with Crippen LogP contribution in [0, 0.1) is 5.82 Å². The highest BCUT2D eigenvalue weighted by Crippen LogP contribution is 2.45. The van der Waals surface area contributed by atoms with Crippen LogP contribution in [0.5, 0.6) is 17.2 Å². The Balaban J connectivity index is 1.82. The van der Waals surface area contributed by atoms with E-state index in [0.29, 0.717) is 5.56 Å². The van der Waals surface area contributed by atoms with Crippen LogP contribution in [0.1, 0.15) is 13.8 Å². The molecule has 37 heavy (non-hydrogen) atoms. The number of furan rings is 1. The van der Waals surface area contributed by atoms with Crippen LogP contribution in [0.3, 0.4) is 0 Å². The number of hydrogen-bond acceptors (Lipinski definition) is 6. The van der Waals surface area contributed by atoms with Gasteiger partial charge in [-0.1, -0.05) is 31.4 Å². The number of fused-ring (bicyclic) bond motifs is 3. The summed E-state index contributed by atoms with van der Waals surface area (Å²) >= 11 is 0. The lowest BCUT2D eigenvalue weighted by Crippen LogP contribution is -2.18. The third kappa shape index (κ3) is 5.18. The molecule has 3 aromatic carbocycles. The number of rotatable bonds is 6. The number of carbonyl (C=O) groups excluding carboxylic acids is 2. The fourth-order valence-electron chi connectivity index (χ4n) is 3.43. The van der Waals surface area contributed by atoms with Gasteiger partial charge in [-0.25, -0.2) is 14.0 Å². The zero-order valence-electron chi connectivity index (χ0n) is 19.5. The Morgan fingerprint density at radius 1 is 0.811 bits per heavy atom. The standard InChI is InChI=1S/C27H18F4O6/c1-13(2)25(32)34-16-7-5-15(6-8-16)17-9-10-18-19-11-12-20(35-26(33)14(3)4)24(37-27(29,30)31)23(19)36-22(18)21(17)28/h5-12H,1,3H2,2,4H3. The molecular weight excluding hydrogens is 496 g/mol. The van der Waals surface area contributed by atoms with Gasteiger partial charge in [0.15, 0.2) is 22.7 Å². The van der Waals surface area contributed by atoms with Gasteiger partial charge in [0.05, 0.1) is 0 Å². The number of esters is 2. The average molecular weight is 514 g/mol. The fourth-order valence-corrected chi connectivity index (χ4v) is 3.43. The van der Waals surface area contributed by atoms with Gasteiger partial charge in [0, 0.05) is 27.5 Å². The molecular formula is C27H18F4O6. The van der Waals surface area contributed by atoms with Crippen molar-refractivity contribution in [3.63, 3.8) is 0 Å². The minimum Gasteiger partial charge on any atom is -0.449 e. The van der Waals surface area contributed by atoms with Gasteiger partial charge in [0.2, 0.25) is 5.75 Å². The van der Waals surface area contributed by atoms with Crippen LogP contribution in [0.2, 0.25) is 0 Å². The summed E-state index contributed by atoms with van der Waals surface area (Å²) in [6.45, 7) is 9.70. The minimum atomic E-state index is -5.16. The van der Waals surface area contributed by atoms with Crippen LogP contribution >= 0.6 is 0 Å². The van der Waals surface area contributed by atoms with Crippen LogP contribution in [0.25, 0.3) is 33.1 Å². The summed E-state index contributed by atoms with van der Waals surface area (Å²) in [5.41, 5.74) is -0.178. The molecule has 190 valence electrons. The normalized spacial score (nSPS) is 11.4. The molecule has 4 aromatic rings. The zero-order valence-corrected chi connectivity index (χ0v) is 19.5. The second-order valence-electron chi connectivity index (χ2n) is 8.09. The number of halogens is 4. The maximum Gasteiger partial charge on any atom is 0.573 e. The fraction of sp³-hybridized carbons (Fsp3) is 0.111. The molecule has 0 atom stereocenters. The maximum atomic E-state index is 15.5. The van der Waals surface area contributed by atoms with Gasteiger partial charge in [-0.2, -0.15) is 0 Å². The van der Waals surface area contributed by atoms with E-state index in [-0.39, 0.29) is 38.8 Å². The Bertz CT molecular complexity index is 1580. The summed E-state index contributed by atoms with van der Waals surface area (Å²) in [5, 5.41) is 0.282. The van der Waals surface area contributed by atoms with E-state index in [4.69, 9.17) is 13.9 Å². The van der Waals surface area contributed by atoms with Gasteiger partial charge >= 0.3 is 18.3 Å². The first-order chi connectivity index (χ1) is 17.4. The molecule has 6 nitrogen and oxygen atoms in total. The van der Waals surface area contributed by atoms with Crippen molar-refractivity contribution in [2.24, 2.45) is 0 Å². The summed E-state index contributed by atoms with van der Waals surface area (Å²) in [7, 11) is 0.